The molecule has 3 heterocycles. The number of alkyl halides is 1. The van der Waals surface area contributed by atoms with Crippen molar-refractivity contribution >= 4 is 38.3 Å². The number of nitrogens with zero attached hydrogens (tertiary/aromatic N) is 3. The molecule has 36 heavy (non-hydrogen) atoms. The number of benzene rings is 2. The number of aromatic nitrogens is 4. The number of aromatic amines is 1. The number of halogens is 3. The summed E-state index contributed by atoms with van der Waals surface area (Å²) in [6.45, 7) is 2.63. The molecule has 3 N–H and O–H groups in total. The lowest BCUT2D eigenvalue weighted by molar-refractivity contribution is 0.0707. The van der Waals surface area contributed by atoms with Gasteiger partial charge in [-0.25, -0.2) is 22.2 Å². The third kappa shape index (κ3) is 4.84. The predicted octanol–water partition coefficient (Wildman–Crippen LogP) is 4.00. The van der Waals surface area contributed by atoms with Crippen LogP contribution in [0.25, 0.3) is 22.4 Å². The van der Waals surface area contributed by atoms with Gasteiger partial charge in [-0.3, -0.25) is 9.82 Å². The molecule has 0 aliphatic carbocycles. The summed E-state index contributed by atoms with van der Waals surface area (Å²) in [4.78, 5) is 8.43. The molecule has 13 heteroatoms. The summed E-state index contributed by atoms with van der Waals surface area (Å²) in [7, 11) is -4.21. The van der Waals surface area contributed by atoms with Gasteiger partial charge in [0.15, 0.2) is 11.5 Å². The molecule has 2 aromatic heterocycles. The van der Waals surface area contributed by atoms with Crippen molar-refractivity contribution in [3.05, 3.63) is 59.0 Å². The molecule has 9 nitrogen and oxygen atoms in total. The predicted molar refractivity (Wildman–Crippen MR) is 131 cm³/mol. The molecule has 2 atom stereocenters. The lowest BCUT2D eigenvalue weighted by atomic mass is 10.1. The zero-order valence-electron chi connectivity index (χ0n) is 18.9. The average molecular weight is 535 g/mol. The number of hydrogen-bond acceptors (Lipinski definition) is 7. The van der Waals surface area contributed by atoms with Crippen LogP contribution in [-0.4, -0.2) is 53.9 Å². The second kappa shape index (κ2) is 9.60. The van der Waals surface area contributed by atoms with Crippen molar-refractivity contribution < 1.29 is 21.9 Å². The van der Waals surface area contributed by atoms with Crippen molar-refractivity contribution in [2.45, 2.75) is 30.5 Å². The first kappa shape index (κ1) is 24.3. The van der Waals surface area contributed by atoms with Crippen LogP contribution in [-0.2, 0) is 10.0 Å². The van der Waals surface area contributed by atoms with Gasteiger partial charge < -0.3 is 10.1 Å². The van der Waals surface area contributed by atoms with Crippen LogP contribution >= 0.6 is 11.6 Å². The Hall–Kier alpha value is -3.35. The normalized spacial score (nSPS) is 18.3. The van der Waals surface area contributed by atoms with E-state index in [0.29, 0.717) is 35.3 Å². The number of piperidine rings is 1. The molecular formula is C23H21ClF2N6O3S. The van der Waals surface area contributed by atoms with Gasteiger partial charge >= 0.3 is 0 Å². The quantitative estimate of drug-likeness (QED) is 0.342. The molecular weight excluding hydrogens is 514 g/mol. The van der Waals surface area contributed by atoms with E-state index in [-0.39, 0.29) is 29.0 Å². The second-order valence-electron chi connectivity index (χ2n) is 8.32. The first-order chi connectivity index (χ1) is 17.2. The van der Waals surface area contributed by atoms with E-state index in [0.717, 1.165) is 12.1 Å². The number of nitrogens with one attached hydrogen (secondary N) is 3. The van der Waals surface area contributed by atoms with E-state index < -0.39 is 33.0 Å². The number of aryl methyl sites for hydroxylation is 1. The van der Waals surface area contributed by atoms with Crippen molar-refractivity contribution in [3.8, 4) is 17.3 Å². The molecule has 0 bridgehead atoms. The zero-order valence-corrected chi connectivity index (χ0v) is 20.5. The minimum Gasteiger partial charge on any atom is -0.471 e. The Balaban J connectivity index is 1.44. The summed E-state index contributed by atoms with van der Waals surface area (Å²) >= 11 is 5.83. The maximum atomic E-state index is 14.4. The number of H-pyrrole nitrogens is 1. The van der Waals surface area contributed by atoms with E-state index in [9.17, 15) is 17.2 Å². The third-order valence-corrected chi connectivity index (χ3v) is 7.38. The number of fused-ring (bicyclic) bond motifs is 1. The molecule has 2 aromatic carbocycles. The van der Waals surface area contributed by atoms with Crippen molar-refractivity contribution in [3.63, 3.8) is 0 Å². The SMILES string of the molecule is Cc1[nH]nc2nc(-c3ccc(NS(=O)(=O)c4cc(Cl)ccc4F)cc3)nc(O[C@@H]3CCNC[C@@H]3F)c12. The van der Waals surface area contributed by atoms with Crippen LogP contribution in [0.4, 0.5) is 14.5 Å². The lowest BCUT2D eigenvalue weighted by Crippen LogP contribution is -2.44. The smallest absolute Gasteiger partial charge is 0.264 e. The van der Waals surface area contributed by atoms with Crippen LogP contribution in [0.1, 0.15) is 12.1 Å². The van der Waals surface area contributed by atoms with Gasteiger partial charge in [-0.05, 0) is 62.4 Å². The Labute approximate surface area is 210 Å². The van der Waals surface area contributed by atoms with Gasteiger partial charge in [-0.1, -0.05) is 11.6 Å². The Bertz CT molecular complexity index is 1530. The first-order valence-corrected chi connectivity index (χ1v) is 12.9. The van der Waals surface area contributed by atoms with Crippen LogP contribution in [0.2, 0.25) is 5.02 Å². The zero-order chi connectivity index (χ0) is 25.4. The molecule has 0 radical (unpaired) electrons. The fraction of sp³-hybridized carbons (Fsp3) is 0.261. The van der Waals surface area contributed by atoms with Gasteiger partial charge in [-0.15, -0.1) is 0 Å². The minimum absolute atomic E-state index is 0.0925. The summed E-state index contributed by atoms with van der Waals surface area (Å²) in [6, 6.07) is 9.46. The van der Waals surface area contributed by atoms with Crippen LogP contribution in [0, 0.1) is 12.7 Å². The number of rotatable bonds is 6. The van der Waals surface area contributed by atoms with Crippen molar-refractivity contribution in [2.75, 3.05) is 17.8 Å². The Morgan fingerprint density at radius 1 is 1.17 bits per heavy atom. The van der Waals surface area contributed by atoms with Crippen LogP contribution in [0.3, 0.4) is 0 Å². The largest absolute Gasteiger partial charge is 0.471 e. The number of sulfonamides is 1. The Kier molecular flexibility index (Phi) is 6.49. The van der Waals surface area contributed by atoms with Gasteiger partial charge in [0.05, 0.1) is 0 Å². The van der Waals surface area contributed by atoms with E-state index in [4.69, 9.17) is 16.3 Å². The molecule has 188 valence electrons. The molecule has 0 saturated carbocycles. The lowest BCUT2D eigenvalue weighted by Gasteiger charge is -2.27. The van der Waals surface area contributed by atoms with Crippen molar-refractivity contribution in [1.29, 1.82) is 0 Å². The number of anilines is 1. The molecule has 5 rings (SSSR count). The average Bonchev–Trinajstić information content (AvgIpc) is 3.23. The molecule has 1 aliphatic rings. The van der Waals surface area contributed by atoms with E-state index in [2.05, 4.69) is 30.2 Å². The maximum Gasteiger partial charge on any atom is 0.264 e. The molecule has 4 aromatic rings. The second-order valence-corrected chi connectivity index (χ2v) is 10.4. The van der Waals surface area contributed by atoms with E-state index in [1.807, 2.05) is 0 Å². The van der Waals surface area contributed by atoms with Crippen LogP contribution in [0.15, 0.2) is 47.4 Å². The van der Waals surface area contributed by atoms with Crippen LogP contribution in [0.5, 0.6) is 5.88 Å². The minimum atomic E-state index is -4.21. The molecule has 1 saturated heterocycles. The monoisotopic (exact) mass is 534 g/mol. The molecule has 0 spiro atoms. The number of hydrogen-bond donors (Lipinski definition) is 3. The molecule has 0 unspecified atom stereocenters. The topological polar surface area (TPSA) is 122 Å². The van der Waals surface area contributed by atoms with Gasteiger partial charge in [0.25, 0.3) is 10.0 Å². The highest BCUT2D eigenvalue weighted by molar-refractivity contribution is 7.92. The first-order valence-electron chi connectivity index (χ1n) is 11.0. The Morgan fingerprint density at radius 3 is 2.69 bits per heavy atom. The van der Waals surface area contributed by atoms with Gasteiger partial charge in [0.1, 0.15) is 28.4 Å². The summed E-state index contributed by atoms with van der Waals surface area (Å²) in [5, 5.41) is 10.7. The fourth-order valence-electron chi connectivity index (χ4n) is 3.90. The highest BCUT2D eigenvalue weighted by Crippen LogP contribution is 2.31. The highest BCUT2D eigenvalue weighted by Gasteiger charge is 2.28. The third-order valence-electron chi connectivity index (χ3n) is 5.75. The van der Waals surface area contributed by atoms with Crippen molar-refractivity contribution in [1.82, 2.24) is 25.5 Å². The maximum absolute atomic E-state index is 14.4. The van der Waals surface area contributed by atoms with Gasteiger partial charge in [0, 0.05) is 28.5 Å². The molecule has 0 amide bonds. The van der Waals surface area contributed by atoms with Crippen LogP contribution < -0.4 is 14.8 Å². The van der Waals surface area contributed by atoms with E-state index in [1.165, 1.54) is 18.2 Å². The van der Waals surface area contributed by atoms with Gasteiger partial charge in [0.2, 0.25) is 5.88 Å². The molecule has 1 aliphatic heterocycles. The fourth-order valence-corrected chi connectivity index (χ4v) is 5.30. The summed E-state index contributed by atoms with van der Waals surface area (Å²) in [6.07, 6.45) is -1.35. The Morgan fingerprint density at radius 2 is 1.94 bits per heavy atom. The van der Waals surface area contributed by atoms with Crippen molar-refractivity contribution in [2.24, 2.45) is 0 Å². The summed E-state index contributed by atoms with van der Waals surface area (Å²) < 4.78 is 62.1. The van der Waals surface area contributed by atoms with E-state index >= 15 is 0 Å². The standard InChI is InChI=1S/C23H21ClF2N6O3S/c1-12-20-22(31-30-12)28-21(29-23(20)35-18-8-9-27-11-17(18)26)13-2-5-15(6-3-13)32-36(33,34)19-10-14(24)4-7-16(19)25/h2-7,10,17-18,27,32H,8-9,11H2,1H3,(H,28,29,30,31)/t17-,18+/m0/s1. The van der Waals surface area contributed by atoms with Gasteiger partial charge in [-0.2, -0.15) is 10.1 Å². The van der Waals surface area contributed by atoms with E-state index in [1.54, 1.807) is 19.1 Å². The molecule has 1 fully saturated rings. The summed E-state index contributed by atoms with van der Waals surface area (Å²) in [5.74, 6) is -0.433. The highest BCUT2D eigenvalue weighted by atomic mass is 35.5. The number of ether oxygens (including phenoxy) is 1. The summed E-state index contributed by atoms with van der Waals surface area (Å²) in [5.41, 5.74) is 1.79.